The molecule has 1 aliphatic rings. The van der Waals surface area contributed by atoms with Crippen LogP contribution in [-0.2, 0) is 6.42 Å². The fraction of sp³-hybridized carbons (Fsp3) is 0.391. The molecular weight excluding hydrogens is 276 g/mol. The van der Waals surface area contributed by atoms with Crippen LogP contribution in [0, 0.1) is 12.3 Å². The van der Waals surface area contributed by atoms with E-state index in [1.807, 2.05) is 0 Å². The summed E-state index contributed by atoms with van der Waals surface area (Å²) in [6.07, 6.45) is 4.85. The van der Waals surface area contributed by atoms with Gasteiger partial charge in [-0.1, -0.05) is 76.2 Å². The van der Waals surface area contributed by atoms with Crippen molar-refractivity contribution in [3.63, 3.8) is 0 Å². The van der Waals surface area contributed by atoms with Gasteiger partial charge in [-0.3, -0.25) is 0 Å². The average Bonchev–Trinajstić information content (AvgIpc) is 2.64. The maximum atomic E-state index is 2.49. The molecule has 23 heavy (non-hydrogen) atoms. The minimum absolute atomic E-state index is 0.235. The van der Waals surface area contributed by atoms with Crippen molar-refractivity contribution in [2.24, 2.45) is 5.41 Å². The Bertz CT molecular complexity index is 744. The van der Waals surface area contributed by atoms with E-state index in [1.54, 1.807) is 0 Å². The van der Waals surface area contributed by atoms with E-state index in [-0.39, 0.29) is 5.41 Å². The maximum absolute atomic E-state index is 2.49. The van der Waals surface area contributed by atoms with Crippen LogP contribution in [0.15, 0.2) is 48.5 Å². The van der Waals surface area contributed by atoms with E-state index in [2.05, 4.69) is 83.2 Å². The molecule has 0 spiro atoms. The molecule has 0 N–H and O–H groups in total. The SMILES string of the molecule is Cc1cc(C2=CC(C)(C)CCc3ccccc32)ccc1C(C)C. The van der Waals surface area contributed by atoms with Crippen LogP contribution in [-0.4, -0.2) is 0 Å². The van der Waals surface area contributed by atoms with E-state index in [9.17, 15) is 0 Å². The smallest absolute Gasteiger partial charge is 0.0143 e. The van der Waals surface area contributed by atoms with E-state index in [1.165, 1.54) is 39.8 Å². The Hall–Kier alpha value is -1.82. The summed E-state index contributed by atoms with van der Waals surface area (Å²) >= 11 is 0. The van der Waals surface area contributed by atoms with Crippen molar-refractivity contribution in [3.8, 4) is 0 Å². The lowest BCUT2D eigenvalue weighted by atomic mass is 9.85. The summed E-state index contributed by atoms with van der Waals surface area (Å²) in [5.74, 6) is 0.580. The Morgan fingerprint density at radius 3 is 2.43 bits per heavy atom. The average molecular weight is 304 g/mol. The van der Waals surface area contributed by atoms with E-state index in [4.69, 9.17) is 0 Å². The van der Waals surface area contributed by atoms with Gasteiger partial charge in [0.25, 0.3) is 0 Å². The van der Waals surface area contributed by atoms with Gasteiger partial charge < -0.3 is 0 Å². The standard InChI is InChI=1S/C23H28/c1-16(2)20-11-10-19(14-17(20)3)22-15-23(4,5)13-12-18-8-6-7-9-21(18)22/h6-11,14-16H,12-13H2,1-5H3. The number of aryl methyl sites for hydroxylation is 2. The minimum atomic E-state index is 0.235. The van der Waals surface area contributed by atoms with Crippen molar-refractivity contribution in [2.45, 2.75) is 53.4 Å². The third kappa shape index (κ3) is 3.27. The molecule has 1 aliphatic carbocycles. The predicted molar refractivity (Wildman–Crippen MR) is 101 cm³/mol. The van der Waals surface area contributed by atoms with Gasteiger partial charge in [-0.15, -0.1) is 0 Å². The Labute approximate surface area is 141 Å². The fourth-order valence-electron chi connectivity index (χ4n) is 3.73. The zero-order valence-corrected chi connectivity index (χ0v) is 15.1. The summed E-state index contributed by atoms with van der Waals surface area (Å²) in [4.78, 5) is 0. The molecule has 0 heterocycles. The summed E-state index contributed by atoms with van der Waals surface area (Å²) in [5, 5.41) is 0. The number of fused-ring (bicyclic) bond motifs is 1. The van der Waals surface area contributed by atoms with E-state index in [0.717, 1.165) is 6.42 Å². The van der Waals surface area contributed by atoms with Crippen LogP contribution in [0.2, 0.25) is 0 Å². The summed E-state index contributed by atoms with van der Waals surface area (Å²) in [6, 6.07) is 15.9. The first kappa shape index (κ1) is 16.1. The van der Waals surface area contributed by atoms with E-state index in [0.29, 0.717) is 5.92 Å². The second-order valence-corrected chi connectivity index (χ2v) is 7.93. The highest BCUT2D eigenvalue weighted by Gasteiger charge is 2.23. The third-order valence-corrected chi connectivity index (χ3v) is 5.08. The van der Waals surface area contributed by atoms with Crippen molar-refractivity contribution in [1.82, 2.24) is 0 Å². The molecule has 0 aromatic heterocycles. The molecule has 0 heteroatoms. The largest absolute Gasteiger partial charge is 0.0704 e. The number of benzene rings is 2. The topological polar surface area (TPSA) is 0 Å². The number of hydrogen-bond acceptors (Lipinski definition) is 0. The lowest BCUT2D eigenvalue weighted by Gasteiger charge is -2.20. The van der Waals surface area contributed by atoms with Crippen LogP contribution in [0.25, 0.3) is 5.57 Å². The van der Waals surface area contributed by atoms with Crippen molar-refractivity contribution in [2.75, 3.05) is 0 Å². The predicted octanol–water partition coefficient (Wildman–Crippen LogP) is 6.52. The quantitative estimate of drug-likeness (QED) is 0.592. The van der Waals surface area contributed by atoms with Gasteiger partial charge in [-0.2, -0.15) is 0 Å². The number of hydrogen-bond donors (Lipinski definition) is 0. The minimum Gasteiger partial charge on any atom is -0.0704 e. The molecular formula is C23H28. The van der Waals surface area contributed by atoms with Crippen LogP contribution >= 0.6 is 0 Å². The second kappa shape index (κ2) is 6.00. The first-order valence-electron chi connectivity index (χ1n) is 8.79. The first-order valence-corrected chi connectivity index (χ1v) is 8.79. The normalized spacial score (nSPS) is 16.7. The molecule has 0 saturated heterocycles. The number of rotatable bonds is 2. The first-order chi connectivity index (χ1) is 10.9. The molecule has 2 aromatic carbocycles. The molecule has 0 nitrogen and oxygen atoms in total. The zero-order valence-electron chi connectivity index (χ0n) is 15.1. The van der Waals surface area contributed by atoms with Gasteiger partial charge in [-0.05, 0) is 64.5 Å². The van der Waals surface area contributed by atoms with Gasteiger partial charge in [-0.25, -0.2) is 0 Å². The number of allylic oxidation sites excluding steroid dienone is 1. The second-order valence-electron chi connectivity index (χ2n) is 7.93. The highest BCUT2D eigenvalue weighted by molar-refractivity contribution is 5.82. The van der Waals surface area contributed by atoms with E-state index < -0.39 is 0 Å². The summed E-state index contributed by atoms with van der Waals surface area (Å²) in [5.41, 5.74) is 8.74. The zero-order chi connectivity index (χ0) is 16.6. The lowest BCUT2D eigenvalue weighted by Crippen LogP contribution is -2.07. The van der Waals surface area contributed by atoms with Crippen LogP contribution in [0.5, 0.6) is 0 Å². The molecule has 2 aromatic rings. The molecule has 3 rings (SSSR count). The molecule has 0 amide bonds. The molecule has 0 unspecified atom stereocenters. The van der Waals surface area contributed by atoms with Crippen LogP contribution < -0.4 is 0 Å². The highest BCUT2D eigenvalue weighted by atomic mass is 14.3. The molecule has 0 fully saturated rings. The highest BCUT2D eigenvalue weighted by Crippen LogP contribution is 2.38. The Morgan fingerprint density at radius 1 is 1.00 bits per heavy atom. The van der Waals surface area contributed by atoms with Crippen molar-refractivity contribution >= 4 is 5.57 Å². The monoisotopic (exact) mass is 304 g/mol. The molecule has 0 bridgehead atoms. The van der Waals surface area contributed by atoms with Gasteiger partial charge in [0.15, 0.2) is 0 Å². The molecule has 0 radical (unpaired) electrons. The van der Waals surface area contributed by atoms with Gasteiger partial charge in [0.05, 0.1) is 0 Å². The van der Waals surface area contributed by atoms with E-state index >= 15 is 0 Å². The summed E-state index contributed by atoms with van der Waals surface area (Å²) in [7, 11) is 0. The van der Waals surface area contributed by atoms with Crippen LogP contribution in [0.4, 0.5) is 0 Å². The van der Waals surface area contributed by atoms with Crippen molar-refractivity contribution < 1.29 is 0 Å². The molecule has 0 atom stereocenters. The van der Waals surface area contributed by atoms with Crippen molar-refractivity contribution in [1.29, 1.82) is 0 Å². The van der Waals surface area contributed by atoms with Crippen LogP contribution in [0.1, 0.15) is 67.9 Å². The molecule has 0 saturated carbocycles. The summed E-state index contributed by atoms with van der Waals surface area (Å²) in [6.45, 7) is 11.5. The third-order valence-electron chi connectivity index (χ3n) is 5.08. The van der Waals surface area contributed by atoms with Gasteiger partial charge in [0.1, 0.15) is 0 Å². The van der Waals surface area contributed by atoms with Gasteiger partial charge in [0, 0.05) is 0 Å². The lowest BCUT2D eigenvalue weighted by molar-refractivity contribution is 0.442. The Morgan fingerprint density at radius 2 is 1.74 bits per heavy atom. The Kier molecular flexibility index (Phi) is 4.19. The maximum Gasteiger partial charge on any atom is -0.0143 e. The summed E-state index contributed by atoms with van der Waals surface area (Å²) < 4.78 is 0. The Balaban J connectivity index is 2.16. The van der Waals surface area contributed by atoms with Gasteiger partial charge >= 0.3 is 0 Å². The molecule has 0 aliphatic heterocycles. The van der Waals surface area contributed by atoms with Crippen molar-refractivity contribution in [3.05, 3.63) is 76.4 Å². The molecule has 120 valence electrons. The fourth-order valence-corrected chi connectivity index (χ4v) is 3.73. The van der Waals surface area contributed by atoms with Gasteiger partial charge in [0.2, 0.25) is 0 Å². The van der Waals surface area contributed by atoms with Crippen LogP contribution in [0.3, 0.4) is 0 Å².